The first-order valence-electron chi connectivity index (χ1n) is 6.94. The second kappa shape index (κ2) is 4.85. The van der Waals surface area contributed by atoms with E-state index in [0.29, 0.717) is 6.42 Å². The number of nitrogens with one attached hydrogen (secondary N) is 2. The van der Waals surface area contributed by atoms with Crippen LogP contribution >= 0.6 is 0 Å². The summed E-state index contributed by atoms with van der Waals surface area (Å²) in [5.74, 6) is 1.14. The fourth-order valence-electron chi connectivity index (χ4n) is 2.91. The lowest BCUT2D eigenvalue weighted by atomic mass is 9.86. The lowest BCUT2D eigenvalue weighted by Crippen LogP contribution is -2.48. The van der Waals surface area contributed by atoms with Crippen molar-refractivity contribution < 1.29 is 9.53 Å². The number of hydrogen-bond donors (Lipinski definition) is 2. The number of amides is 1. The van der Waals surface area contributed by atoms with Crippen molar-refractivity contribution in [2.75, 3.05) is 13.2 Å². The van der Waals surface area contributed by atoms with E-state index < -0.39 is 0 Å². The topological polar surface area (TPSA) is 50.4 Å². The minimum absolute atomic E-state index is 0.0673. The molecule has 2 aliphatic heterocycles. The Bertz CT molecular complexity index is 489. The average molecular weight is 260 g/mol. The van der Waals surface area contributed by atoms with E-state index in [0.717, 1.165) is 31.7 Å². The van der Waals surface area contributed by atoms with E-state index in [1.54, 1.807) is 0 Å². The molecule has 0 aromatic heterocycles. The van der Waals surface area contributed by atoms with Gasteiger partial charge in [0.05, 0.1) is 6.61 Å². The first kappa shape index (κ1) is 12.5. The van der Waals surface area contributed by atoms with Crippen LogP contribution in [0.1, 0.15) is 31.7 Å². The van der Waals surface area contributed by atoms with E-state index >= 15 is 0 Å². The molecule has 1 aromatic rings. The van der Waals surface area contributed by atoms with Crippen molar-refractivity contribution in [3.05, 3.63) is 29.8 Å². The van der Waals surface area contributed by atoms with Crippen LogP contribution in [0.25, 0.3) is 0 Å². The molecule has 0 aliphatic carbocycles. The minimum Gasteiger partial charge on any atom is -0.493 e. The van der Waals surface area contributed by atoms with Gasteiger partial charge in [-0.15, -0.1) is 0 Å². The van der Waals surface area contributed by atoms with Crippen LogP contribution in [0.15, 0.2) is 24.3 Å². The van der Waals surface area contributed by atoms with Crippen LogP contribution in [0.3, 0.4) is 0 Å². The maximum atomic E-state index is 11.2. The largest absolute Gasteiger partial charge is 0.493 e. The Labute approximate surface area is 113 Å². The molecule has 0 saturated carbocycles. The third-order valence-corrected chi connectivity index (χ3v) is 4.16. The summed E-state index contributed by atoms with van der Waals surface area (Å²) in [6, 6.07) is 8.45. The molecule has 2 heterocycles. The number of hydrogen-bond acceptors (Lipinski definition) is 3. The molecule has 2 atom stereocenters. The highest BCUT2D eigenvalue weighted by atomic mass is 16.5. The van der Waals surface area contributed by atoms with Gasteiger partial charge < -0.3 is 15.4 Å². The Morgan fingerprint density at radius 3 is 3.11 bits per heavy atom. The summed E-state index contributed by atoms with van der Waals surface area (Å²) in [5, 5.41) is 6.62. The zero-order chi connectivity index (χ0) is 13.3. The highest BCUT2D eigenvalue weighted by Crippen LogP contribution is 2.36. The monoisotopic (exact) mass is 260 g/mol. The van der Waals surface area contributed by atoms with E-state index in [-0.39, 0.29) is 17.5 Å². The number of carbonyl (C=O) groups excluding carboxylic acids is 1. The van der Waals surface area contributed by atoms with Crippen LogP contribution in [-0.4, -0.2) is 25.1 Å². The van der Waals surface area contributed by atoms with Crippen LogP contribution in [0.4, 0.5) is 0 Å². The average Bonchev–Trinajstić information content (AvgIpc) is 2.83. The molecular formula is C15H20N2O2. The van der Waals surface area contributed by atoms with Gasteiger partial charge >= 0.3 is 0 Å². The van der Waals surface area contributed by atoms with E-state index in [4.69, 9.17) is 4.74 Å². The number of benzene rings is 1. The van der Waals surface area contributed by atoms with Gasteiger partial charge in [0.25, 0.3) is 0 Å². The van der Waals surface area contributed by atoms with Gasteiger partial charge in [-0.25, -0.2) is 0 Å². The number of para-hydroxylation sites is 1. The maximum Gasteiger partial charge on any atom is 0.220 e. The lowest BCUT2D eigenvalue weighted by molar-refractivity contribution is -0.119. The molecule has 1 aromatic carbocycles. The number of rotatable bonds is 3. The summed E-state index contributed by atoms with van der Waals surface area (Å²) < 4.78 is 5.70. The summed E-state index contributed by atoms with van der Waals surface area (Å²) in [7, 11) is 0. The fourth-order valence-corrected chi connectivity index (χ4v) is 2.91. The molecule has 19 heavy (non-hydrogen) atoms. The first-order valence-corrected chi connectivity index (χ1v) is 6.94. The Hall–Kier alpha value is -1.55. The Balaban J connectivity index is 1.71. The smallest absolute Gasteiger partial charge is 0.220 e. The van der Waals surface area contributed by atoms with Crippen molar-refractivity contribution in [1.82, 2.24) is 10.6 Å². The van der Waals surface area contributed by atoms with Crippen LogP contribution in [-0.2, 0) is 10.3 Å². The molecule has 0 radical (unpaired) electrons. The predicted octanol–water partition coefficient (Wildman–Crippen LogP) is 1.55. The summed E-state index contributed by atoms with van der Waals surface area (Å²) in [6.07, 6.45) is 2.54. The Morgan fingerprint density at radius 1 is 1.47 bits per heavy atom. The summed E-state index contributed by atoms with van der Waals surface area (Å²) in [4.78, 5) is 11.2. The van der Waals surface area contributed by atoms with Crippen molar-refractivity contribution in [1.29, 1.82) is 0 Å². The van der Waals surface area contributed by atoms with Crippen molar-refractivity contribution >= 4 is 5.91 Å². The van der Waals surface area contributed by atoms with Gasteiger partial charge in [-0.05, 0) is 19.4 Å². The van der Waals surface area contributed by atoms with E-state index in [1.807, 2.05) is 18.2 Å². The van der Waals surface area contributed by atoms with Crippen molar-refractivity contribution in [3.63, 3.8) is 0 Å². The number of carbonyl (C=O) groups is 1. The van der Waals surface area contributed by atoms with Crippen molar-refractivity contribution in [2.45, 2.75) is 37.8 Å². The fraction of sp³-hybridized carbons (Fsp3) is 0.533. The summed E-state index contributed by atoms with van der Waals surface area (Å²) in [5.41, 5.74) is 1.15. The van der Waals surface area contributed by atoms with Gasteiger partial charge in [0.1, 0.15) is 5.75 Å². The molecule has 0 spiro atoms. The van der Waals surface area contributed by atoms with Crippen molar-refractivity contribution in [2.24, 2.45) is 0 Å². The third kappa shape index (κ3) is 2.45. The molecule has 1 saturated heterocycles. The SMILES string of the molecule is CC1(NC[C@@H]2CCC(=O)N2)CCOc2ccccc21. The van der Waals surface area contributed by atoms with Crippen LogP contribution in [0.5, 0.6) is 5.75 Å². The van der Waals surface area contributed by atoms with E-state index in [2.05, 4.69) is 23.6 Å². The molecule has 1 amide bonds. The normalized spacial score (nSPS) is 29.5. The zero-order valence-corrected chi connectivity index (χ0v) is 11.2. The van der Waals surface area contributed by atoms with E-state index in [9.17, 15) is 4.79 Å². The molecule has 1 unspecified atom stereocenters. The standard InChI is InChI=1S/C15H20N2O2/c1-15(16-10-11-6-7-14(18)17-11)8-9-19-13-5-3-2-4-12(13)15/h2-5,11,16H,6-10H2,1H3,(H,17,18)/t11-,15?/m0/s1. The molecule has 2 N–H and O–H groups in total. The minimum atomic E-state index is -0.0673. The Kier molecular flexibility index (Phi) is 3.19. The maximum absolute atomic E-state index is 11.2. The number of ether oxygens (including phenoxy) is 1. The van der Waals surface area contributed by atoms with Gasteiger partial charge in [-0.1, -0.05) is 18.2 Å². The van der Waals surface area contributed by atoms with Crippen molar-refractivity contribution in [3.8, 4) is 5.75 Å². The van der Waals surface area contributed by atoms with Gasteiger partial charge in [0, 0.05) is 36.5 Å². The summed E-state index contributed by atoms with van der Waals surface area (Å²) in [6.45, 7) is 3.76. The predicted molar refractivity (Wildman–Crippen MR) is 73.1 cm³/mol. The van der Waals surface area contributed by atoms with E-state index in [1.165, 1.54) is 5.56 Å². The van der Waals surface area contributed by atoms with Crippen LogP contribution in [0.2, 0.25) is 0 Å². The van der Waals surface area contributed by atoms with Gasteiger partial charge in [0.15, 0.2) is 0 Å². The van der Waals surface area contributed by atoms with Crippen LogP contribution < -0.4 is 15.4 Å². The quantitative estimate of drug-likeness (QED) is 0.867. The molecular weight excluding hydrogens is 240 g/mol. The highest BCUT2D eigenvalue weighted by molar-refractivity contribution is 5.78. The summed E-state index contributed by atoms with van der Waals surface area (Å²) >= 11 is 0. The first-order chi connectivity index (χ1) is 9.17. The molecule has 2 aliphatic rings. The molecule has 1 fully saturated rings. The molecule has 4 heteroatoms. The Morgan fingerprint density at radius 2 is 2.32 bits per heavy atom. The van der Waals surface area contributed by atoms with Gasteiger partial charge in [-0.2, -0.15) is 0 Å². The zero-order valence-electron chi connectivity index (χ0n) is 11.2. The molecule has 3 rings (SSSR count). The molecule has 4 nitrogen and oxygen atoms in total. The molecule has 0 bridgehead atoms. The van der Waals surface area contributed by atoms with Gasteiger partial charge in [-0.3, -0.25) is 4.79 Å². The second-order valence-electron chi connectivity index (χ2n) is 5.61. The van der Waals surface area contributed by atoms with Gasteiger partial charge in [0.2, 0.25) is 5.91 Å². The lowest BCUT2D eigenvalue weighted by Gasteiger charge is -2.37. The number of fused-ring (bicyclic) bond motifs is 1. The third-order valence-electron chi connectivity index (χ3n) is 4.16. The highest BCUT2D eigenvalue weighted by Gasteiger charge is 2.33. The van der Waals surface area contributed by atoms with Crippen LogP contribution in [0, 0.1) is 0 Å². The second-order valence-corrected chi connectivity index (χ2v) is 5.61. The molecule has 102 valence electrons.